The van der Waals surface area contributed by atoms with E-state index in [0.717, 1.165) is 19.0 Å². The zero-order valence-electron chi connectivity index (χ0n) is 14.8. The molecule has 21 heavy (non-hydrogen) atoms. The molecule has 1 aromatic carbocycles. The van der Waals surface area contributed by atoms with Crippen molar-refractivity contribution in [2.75, 3.05) is 20.1 Å². The van der Waals surface area contributed by atoms with Crippen LogP contribution in [0.3, 0.4) is 0 Å². The zero-order valence-corrected chi connectivity index (χ0v) is 14.8. The van der Waals surface area contributed by atoms with Crippen molar-refractivity contribution in [3.63, 3.8) is 0 Å². The summed E-state index contributed by atoms with van der Waals surface area (Å²) in [6.07, 6.45) is 2.43. The Morgan fingerprint density at radius 3 is 2.24 bits per heavy atom. The third kappa shape index (κ3) is 6.19. The Morgan fingerprint density at radius 2 is 1.71 bits per heavy atom. The molecule has 0 amide bonds. The van der Waals surface area contributed by atoms with E-state index >= 15 is 0 Å². The van der Waals surface area contributed by atoms with E-state index in [2.05, 4.69) is 76.1 Å². The summed E-state index contributed by atoms with van der Waals surface area (Å²) in [7, 11) is 2.25. The van der Waals surface area contributed by atoms with E-state index in [0.29, 0.717) is 12.1 Å². The molecule has 2 atom stereocenters. The summed E-state index contributed by atoms with van der Waals surface area (Å²) in [4.78, 5) is 2.49. The van der Waals surface area contributed by atoms with Crippen LogP contribution in [0.4, 0.5) is 0 Å². The Hall–Kier alpha value is -0.860. The molecule has 0 fully saturated rings. The molecule has 0 aromatic heterocycles. The highest BCUT2D eigenvalue weighted by Gasteiger charge is 2.22. The van der Waals surface area contributed by atoms with E-state index in [9.17, 15) is 0 Å². The predicted octanol–water partition coefficient (Wildman–Crippen LogP) is 4.40. The normalized spacial score (nSPS) is 14.7. The fraction of sp³-hybridized carbons (Fsp3) is 0.684. The van der Waals surface area contributed by atoms with E-state index in [4.69, 9.17) is 0 Å². The van der Waals surface area contributed by atoms with Crippen molar-refractivity contribution in [1.82, 2.24) is 10.2 Å². The molecule has 0 aliphatic heterocycles. The van der Waals surface area contributed by atoms with Crippen molar-refractivity contribution in [2.24, 2.45) is 5.92 Å². The Balaban J connectivity index is 2.77. The van der Waals surface area contributed by atoms with Crippen LogP contribution in [-0.2, 0) is 0 Å². The first-order chi connectivity index (χ1) is 9.95. The second-order valence-electron chi connectivity index (χ2n) is 6.75. The van der Waals surface area contributed by atoms with Gasteiger partial charge in [0.05, 0.1) is 0 Å². The molecule has 0 aliphatic carbocycles. The van der Waals surface area contributed by atoms with E-state index in [1.54, 1.807) is 0 Å². The molecule has 1 rings (SSSR count). The van der Waals surface area contributed by atoms with Crippen molar-refractivity contribution in [3.05, 3.63) is 35.4 Å². The molecule has 120 valence electrons. The SMILES string of the molecule is CCCNC(c1ccc(C)cc1)C(C)N(C)CCC(C)C. The van der Waals surface area contributed by atoms with Crippen LogP contribution in [0.1, 0.15) is 57.7 Å². The molecule has 0 saturated heterocycles. The van der Waals surface area contributed by atoms with E-state index in [-0.39, 0.29) is 0 Å². The Kier molecular flexibility index (Phi) is 7.98. The van der Waals surface area contributed by atoms with Crippen LogP contribution in [0, 0.1) is 12.8 Å². The highest BCUT2D eigenvalue weighted by molar-refractivity contribution is 5.25. The van der Waals surface area contributed by atoms with Crippen molar-refractivity contribution < 1.29 is 0 Å². The third-order valence-electron chi connectivity index (χ3n) is 4.29. The van der Waals surface area contributed by atoms with Gasteiger partial charge in [-0.1, -0.05) is 50.6 Å². The van der Waals surface area contributed by atoms with Crippen LogP contribution in [0.5, 0.6) is 0 Å². The lowest BCUT2D eigenvalue weighted by molar-refractivity contribution is 0.197. The lowest BCUT2D eigenvalue weighted by atomic mass is 9.97. The number of hydrogen-bond donors (Lipinski definition) is 1. The molecule has 0 spiro atoms. The molecular weight excluding hydrogens is 256 g/mol. The molecule has 1 N–H and O–H groups in total. The maximum atomic E-state index is 3.73. The van der Waals surface area contributed by atoms with Crippen LogP contribution < -0.4 is 5.32 Å². The first-order valence-electron chi connectivity index (χ1n) is 8.45. The summed E-state index contributed by atoms with van der Waals surface area (Å²) in [5, 5.41) is 3.73. The first-order valence-corrected chi connectivity index (χ1v) is 8.45. The van der Waals surface area contributed by atoms with Gasteiger partial charge < -0.3 is 10.2 Å². The molecule has 0 heterocycles. The Labute approximate surface area is 131 Å². The number of aryl methyl sites for hydroxylation is 1. The molecule has 0 radical (unpaired) electrons. The van der Waals surface area contributed by atoms with Crippen molar-refractivity contribution in [3.8, 4) is 0 Å². The third-order valence-corrected chi connectivity index (χ3v) is 4.29. The fourth-order valence-electron chi connectivity index (χ4n) is 2.56. The predicted molar refractivity (Wildman–Crippen MR) is 93.8 cm³/mol. The van der Waals surface area contributed by atoms with Crippen molar-refractivity contribution in [2.45, 2.75) is 59.5 Å². The minimum absolute atomic E-state index is 0.405. The molecule has 2 unspecified atom stereocenters. The Bertz CT molecular complexity index is 383. The number of hydrogen-bond acceptors (Lipinski definition) is 2. The minimum atomic E-state index is 0.405. The van der Waals surface area contributed by atoms with Crippen LogP contribution in [-0.4, -0.2) is 31.1 Å². The van der Waals surface area contributed by atoms with Gasteiger partial charge in [0.1, 0.15) is 0 Å². The van der Waals surface area contributed by atoms with Crippen molar-refractivity contribution >= 4 is 0 Å². The standard InChI is InChI=1S/C19H34N2/c1-7-13-20-19(18-10-8-16(4)9-11-18)17(5)21(6)14-12-15(2)3/h8-11,15,17,19-20H,7,12-14H2,1-6H3. The maximum Gasteiger partial charge on any atom is 0.0475 e. The summed E-state index contributed by atoms with van der Waals surface area (Å²) in [5.41, 5.74) is 2.73. The molecule has 0 saturated carbocycles. The van der Waals surface area contributed by atoms with Gasteiger partial charge >= 0.3 is 0 Å². The smallest absolute Gasteiger partial charge is 0.0475 e. The van der Waals surface area contributed by atoms with Crippen LogP contribution in [0.25, 0.3) is 0 Å². The maximum absolute atomic E-state index is 3.73. The van der Waals surface area contributed by atoms with Crippen LogP contribution in [0.2, 0.25) is 0 Å². The largest absolute Gasteiger partial charge is 0.309 e. The summed E-state index contributed by atoms with van der Waals surface area (Å²) < 4.78 is 0. The minimum Gasteiger partial charge on any atom is -0.309 e. The van der Waals surface area contributed by atoms with Gasteiger partial charge in [0.2, 0.25) is 0 Å². The lowest BCUT2D eigenvalue weighted by Crippen LogP contribution is -2.41. The van der Waals surface area contributed by atoms with Crippen molar-refractivity contribution in [1.29, 1.82) is 0 Å². The average molecular weight is 290 g/mol. The molecule has 0 aliphatic rings. The topological polar surface area (TPSA) is 15.3 Å². The Morgan fingerprint density at radius 1 is 1.10 bits per heavy atom. The summed E-state index contributed by atoms with van der Waals surface area (Å²) in [5.74, 6) is 0.765. The number of benzene rings is 1. The van der Waals surface area contributed by atoms with E-state index in [1.807, 2.05) is 0 Å². The van der Waals surface area contributed by atoms with Gasteiger partial charge in [0.25, 0.3) is 0 Å². The molecule has 2 nitrogen and oxygen atoms in total. The molecule has 1 aromatic rings. The summed E-state index contributed by atoms with van der Waals surface area (Å²) >= 11 is 0. The summed E-state index contributed by atoms with van der Waals surface area (Å²) in [6.45, 7) is 13.5. The van der Waals surface area contributed by atoms with E-state index < -0.39 is 0 Å². The quantitative estimate of drug-likeness (QED) is 0.725. The monoisotopic (exact) mass is 290 g/mol. The van der Waals surface area contributed by atoms with Gasteiger partial charge in [0.15, 0.2) is 0 Å². The molecule has 2 heteroatoms. The van der Waals surface area contributed by atoms with Gasteiger partial charge in [-0.3, -0.25) is 0 Å². The fourth-order valence-corrected chi connectivity index (χ4v) is 2.56. The second kappa shape index (κ2) is 9.22. The van der Waals surface area contributed by atoms with Gasteiger partial charge in [0, 0.05) is 12.1 Å². The van der Waals surface area contributed by atoms with Gasteiger partial charge in [-0.15, -0.1) is 0 Å². The highest BCUT2D eigenvalue weighted by atomic mass is 15.2. The molecular formula is C19H34N2. The van der Waals surface area contributed by atoms with Gasteiger partial charge in [-0.2, -0.15) is 0 Å². The number of likely N-dealkylation sites (N-methyl/N-ethyl adjacent to an activating group) is 1. The number of rotatable bonds is 9. The van der Waals surface area contributed by atoms with Gasteiger partial charge in [-0.05, 0) is 58.3 Å². The number of nitrogens with zero attached hydrogens (tertiary/aromatic N) is 1. The average Bonchev–Trinajstić information content (AvgIpc) is 2.46. The first kappa shape index (κ1) is 18.2. The lowest BCUT2D eigenvalue weighted by Gasteiger charge is -2.33. The van der Waals surface area contributed by atoms with Gasteiger partial charge in [-0.25, -0.2) is 0 Å². The van der Waals surface area contributed by atoms with Crippen LogP contribution >= 0.6 is 0 Å². The second-order valence-corrected chi connectivity index (χ2v) is 6.75. The highest BCUT2D eigenvalue weighted by Crippen LogP contribution is 2.21. The zero-order chi connectivity index (χ0) is 15.8. The molecule has 0 bridgehead atoms. The van der Waals surface area contributed by atoms with E-state index in [1.165, 1.54) is 24.0 Å². The summed E-state index contributed by atoms with van der Waals surface area (Å²) in [6, 6.07) is 9.89. The number of nitrogens with one attached hydrogen (secondary N) is 1. The van der Waals surface area contributed by atoms with Crippen LogP contribution in [0.15, 0.2) is 24.3 Å².